The van der Waals surface area contributed by atoms with Gasteiger partial charge in [-0.15, -0.1) is 0 Å². The van der Waals surface area contributed by atoms with E-state index in [2.05, 4.69) is 15.0 Å². The van der Waals surface area contributed by atoms with E-state index in [1.54, 1.807) is 19.3 Å². The zero-order valence-electron chi connectivity index (χ0n) is 8.61. The average Bonchev–Trinajstić information content (AvgIpc) is 2.26. The molecule has 0 fully saturated rings. The summed E-state index contributed by atoms with van der Waals surface area (Å²) in [7, 11) is 0. The number of hydrogen-bond acceptors (Lipinski definition) is 3. The lowest BCUT2D eigenvalue weighted by Gasteiger charge is -2.03. The molecule has 15 heavy (non-hydrogen) atoms. The number of aryl methyl sites for hydroxylation is 1. The number of aromatic amines is 1. The Morgan fingerprint density at radius 3 is 2.73 bits per heavy atom. The van der Waals surface area contributed by atoms with Gasteiger partial charge in [0.2, 0.25) is 0 Å². The second kappa shape index (κ2) is 3.65. The standard InChI is InChI=1S/C11H11N3O/c1-7-8(2)13-10(14-11(7)15)9-4-3-5-12-6-9/h3-6H,1-2H3,(H,13,14,15). The van der Waals surface area contributed by atoms with Crippen molar-refractivity contribution in [2.24, 2.45) is 0 Å². The first-order valence-corrected chi connectivity index (χ1v) is 4.66. The maximum atomic E-state index is 11.5. The first-order valence-electron chi connectivity index (χ1n) is 4.66. The lowest BCUT2D eigenvalue weighted by atomic mass is 10.2. The third-order valence-electron chi connectivity index (χ3n) is 2.33. The molecule has 2 heterocycles. The summed E-state index contributed by atoms with van der Waals surface area (Å²) in [6.45, 7) is 3.58. The molecule has 2 rings (SSSR count). The zero-order chi connectivity index (χ0) is 10.8. The molecule has 0 unspecified atom stereocenters. The molecule has 0 aliphatic heterocycles. The molecule has 76 valence electrons. The first-order chi connectivity index (χ1) is 7.18. The molecular weight excluding hydrogens is 190 g/mol. The van der Waals surface area contributed by atoms with Gasteiger partial charge in [-0.1, -0.05) is 0 Å². The fraction of sp³-hybridized carbons (Fsp3) is 0.182. The van der Waals surface area contributed by atoms with E-state index in [4.69, 9.17) is 0 Å². The van der Waals surface area contributed by atoms with Crippen molar-refractivity contribution >= 4 is 0 Å². The van der Waals surface area contributed by atoms with Crippen LogP contribution in [-0.4, -0.2) is 15.0 Å². The highest BCUT2D eigenvalue weighted by Crippen LogP contribution is 2.11. The summed E-state index contributed by atoms with van der Waals surface area (Å²) in [5.74, 6) is 0.566. The molecule has 1 N–H and O–H groups in total. The van der Waals surface area contributed by atoms with E-state index >= 15 is 0 Å². The number of H-pyrrole nitrogens is 1. The molecule has 0 atom stereocenters. The van der Waals surface area contributed by atoms with E-state index in [1.165, 1.54) is 0 Å². The minimum absolute atomic E-state index is 0.0960. The van der Waals surface area contributed by atoms with Gasteiger partial charge in [-0.3, -0.25) is 9.78 Å². The normalized spacial score (nSPS) is 10.3. The number of nitrogens with one attached hydrogen (secondary N) is 1. The van der Waals surface area contributed by atoms with E-state index in [0.29, 0.717) is 11.4 Å². The molecule has 2 aromatic rings. The van der Waals surface area contributed by atoms with Crippen molar-refractivity contribution in [2.45, 2.75) is 13.8 Å². The molecule has 0 bridgehead atoms. The second-order valence-electron chi connectivity index (χ2n) is 3.37. The topological polar surface area (TPSA) is 58.6 Å². The number of aromatic nitrogens is 3. The van der Waals surface area contributed by atoms with E-state index in [0.717, 1.165) is 11.3 Å². The maximum Gasteiger partial charge on any atom is 0.254 e. The monoisotopic (exact) mass is 201 g/mol. The van der Waals surface area contributed by atoms with Gasteiger partial charge in [-0.05, 0) is 26.0 Å². The van der Waals surface area contributed by atoms with Crippen LogP contribution in [0.5, 0.6) is 0 Å². The van der Waals surface area contributed by atoms with Crippen LogP contribution in [0.2, 0.25) is 0 Å². The Balaban J connectivity index is 2.61. The largest absolute Gasteiger partial charge is 0.306 e. The molecule has 4 nitrogen and oxygen atoms in total. The van der Waals surface area contributed by atoms with Gasteiger partial charge in [-0.2, -0.15) is 0 Å². The van der Waals surface area contributed by atoms with Crippen LogP contribution in [0.15, 0.2) is 29.3 Å². The van der Waals surface area contributed by atoms with E-state index in [-0.39, 0.29) is 5.56 Å². The van der Waals surface area contributed by atoms with Gasteiger partial charge in [0.25, 0.3) is 5.56 Å². The summed E-state index contributed by atoms with van der Waals surface area (Å²) in [5, 5.41) is 0. The first kappa shape index (κ1) is 9.58. The predicted molar refractivity (Wildman–Crippen MR) is 57.6 cm³/mol. The Morgan fingerprint density at radius 2 is 2.13 bits per heavy atom. The van der Waals surface area contributed by atoms with Crippen molar-refractivity contribution in [1.29, 1.82) is 0 Å². The molecule has 0 radical (unpaired) electrons. The molecule has 2 aromatic heterocycles. The van der Waals surface area contributed by atoms with Crippen LogP contribution < -0.4 is 5.56 Å². The quantitative estimate of drug-likeness (QED) is 0.759. The molecule has 4 heteroatoms. The lowest BCUT2D eigenvalue weighted by Crippen LogP contribution is -2.14. The van der Waals surface area contributed by atoms with Crippen molar-refractivity contribution in [2.75, 3.05) is 0 Å². The molecule has 0 amide bonds. The Bertz CT molecular complexity index is 531. The van der Waals surface area contributed by atoms with Gasteiger partial charge in [0.1, 0.15) is 5.82 Å². The Kier molecular flexibility index (Phi) is 2.33. The minimum atomic E-state index is -0.0960. The van der Waals surface area contributed by atoms with Gasteiger partial charge in [0, 0.05) is 29.2 Å². The molecular formula is C11H11N3O. The third-order valence-corrected chi connectivity index (χ3v) is 2.33. The van der Waals surface area contributed by atoms with Crippen LogP contribution in [0.25, 0.3) is 11.4 Å². The number of hydrogen-bond donors (Lipinski definition) is 1. The van der Waals surface area contributed by atoms with Crippen molar-refractivity contribution in [3.63, 3.8) is 0 Å². The van der Waals surface area contributed by atoms with Crippen molar-refractivity contribution in [3.05, 3.63) is 46.1 Å². The fourth-order valence-corrected chi connectivity index (χ4v) is 1.28. The van der Waals surface area contributed by atoms with Crippen LogP contribution in [0.1, 0.15) is 11.3 Å². The molecule has 0 aliphatic rings. The summed E-state index contributed by atoms with van der Waals surface area (Å²) < 4.78 is 0. The van der Waals surface area contributed by atoms with Crippen LogP contribution in [-0.2, 0) is 0 Å². The van der Waals surface area contributed by atoms with E-state index < -0.39 is 0 Å². The minimum Gasteiger partial charge on any atom is -0.306 e. The van der Waals surface area contributed by atoms with Gasteiger partial charge >= 0.3 is 0 Å². The summed E-state index contributed by atoms with van der Waals surface area (Å²) in [5.41, 5.74) is 2.12. The summed E-state index contributed by atoms with van der Waals surface area (Å²) >= 11 is 0. The highest BCUT2D eigenvalue weighted by Gasteiger charge is 2.04. The van der Waals surface area contributed by atoms with Crippen molar-refractivity contribution < 1.29 is 0 Å². The van der Waals surface area contributed by atoms with Crippen molar-refractivity contribution in [3.8, 4) is 11.4 Å². The Hall–Kier alpha value is -1.97. The SMILES string of the molecule is Cc1nc(-c2cccnc2)[nH]c(=O)c1C. The van der Waals surface area contributed by atoms with Crippen molar-refractivity contribution in [1.82, 2.24) is 15.0 Å². The highest BCUT2D eigenvalue weighted by atomic mass is 16.1. The summed E-state index contributed by atoms with van der Waals surface area (Å²) in [6.07, 6.45) is 3.36. The third kappa shape index (κ3) is 1.79. The smallest absolute Gasteiger partial charge is 0.254 e. The average molecular weight is 201 g/mol. The molecule has 0 spiro atoms. The highest BCUT2D eigenvalue weighted by molar-refractivity contribution is 5.53. The zero-order valence-corrected chi connectivity index (χ0v) is 8.61. The summed E-state index contributed by atoms with van der Waals surface area (Å²) in [4.78, 5) is 22.5. The molecule has 0 aromatic carbocycles. The fourth-order valence-electron chi connectivity index (χ4n) is 1.28. The van der Waals surface area contributed by atoms with Gasteiger partial charge in [0.05, 0.1) is 0 Å². The number of nitrogens with zero attached hydrogens (tertiary/aromatic N) is 2. The lowest BCUT2D eigenvalue weighted by molar-refractivity contribution is 1.03. The Morgan fingerprint density at radius 1 is 1.33 bits per heavy atom. The van der Waals surface area contributed by atoms with Crippen LogP contribution in [0.3, 0.4) is 0 Å². The maximum absolute atomic E-state index is 11.5. The summed E-state index contributed by atoms with van der Waals surface area (Å²) in [6, 6.07) is 3.67. The second-order valence-corrected chi connectivity index (χ2v) is 3.37. The van der Waals surface area contributed by atoms with Gasteiger partial charge in [-0.25, -0.2) is 4.98 Å². The van der Waals surface area contributed by atoms with E-state index in [1.807, 2.05) is 19.1 Å². The van der Waals surface area contributed by atoms with Gasteiger partial charge in [0.15, 0.2) is 0 Å². The number of pyridine rings is 1. The number of rotatable bonds is 1. The van der Waals surface area contributed by atoms with Crippen LogP contribution in [0, 0.1) is 13.8 Å². The molecule has 0 saturated carbocycles. The Labute approximate surface area is 87.0 Å². The van der Waals surface area contributed by atoms with Gasteiger partial charge < -0.3 is 4.98 Å². The van der Waals surface area contributed by atoms with E-state index in [9.17, 15) is 4.79 Å². The molecule has 0 aliphatic carbocycles. The van der Waals surface area contributed by atoms with Crippen LogP contribution >= 0.6 is 0 Å². The van der Waals surface area contributed by atoms with Crippen LogP contribution in [0.4, 0.5) is 0 Å². The molecule has 0 saturated heterocycles. The predicted octanol–water partition coefficient (Wildman–Crippen LogP) is 1.45.